The van der Waals surface area contributed by atoms with E-state index in [4.69, 9.17) is 16.4 Å². The molecule has 1 amide bonds. The van der Waals surface area contributed by atoms with Gasteiger partial charge in [-0.2, -0.15) is 0 Å². The number of hydroxylamine groups is 2. The van der Waals surface area contributed by atoms with Gasteiger partial charge in [-0.25, -0.2) is 5.06 Å². The average Bonchev–Trinajstić information content (AvgIpc) is 2.56. The van der Waals surface area contributed by atoms with Crippen molar-refractivity contribution in [2.24, 2.45) is 9.98 Å². The minimum absolute atomic E-state index is 0.00914. The number of carbonyl (C=O) groups is 1. The maximum atomic E-state index is 12.0. The summed E-state index contributed by atoms with van der Waals surface area (Å²) in [5.74, 6) is -0.222. The minimum Gasteiger partial charge on any atom is -0.281 e. The molecule has 1 aliphatic heterocycles. The highest BCUT2D eigenvalue weighted by Gasteiger charge is 2.16. The molecule has 1 aromatic carbocycles. The second-order valence-electron chi connectivity index (χ2n) is 4.42. The third-order valence-electron chi connectivity index (χ3n) is 3.08. The van der Waals surface area contributed by atoms with Crippen molar-refractivity contribution in [1.82, 2.24) is 5.06 Å². The van der Waals surface area contributed by atoms with Crippen molar-refractivity contribution in [1.29, 1.82) is 0 Å². The Morgan fingerprint density at radius 1 is 1.47 bits per heavy atom. The largest absolute Gasteiger partial charge is 0.281 e. The first kappa shape index (κ1) is 14.0. The lowest BCUT2D eigenvalue weighted by atomic mass is 10.2. The molecule has 0 radical (unpaired) electrons. The molecule has 0 spiro atoms. The Hall–Kier alpha value is -1.46. The zero-order chi connectivity index (χ0) is 14.0. The van der Waals surface area contributed by atoms with Gasteiger partial charge in [0.25, 0.3) is 5.91 Å². The molecule has 0 aliphatic carbocycles. The highest BCUT2D eigenvalue weighted by atomic mass is 35.5. The van der Waals surface area contributed by atoms with Gasteiger partial charge in [0.1, 0.15) is 0 Å². The molecule has 1 aliphatic rings. The molecular weight excluding hydrogens is 266 g/mol. The van der Waals surface area contributed by atoms with Crippen molar-refractivity contribution in [2.45, 2.75) is 18.3 Å². The summed E-state index contributed by atoms with van der Waals surface area (Å²) in [5.41, 5.74) is 0.516. The first-order valence-electron chi connectivity index (χ1n) is 6.01. The van der Waals surface area contributed by atoms with E-state index in [0.717, 1.165) is 5.36 Å². The summed E-state index contributed by atoms with van der Waals surface area (Å²) in [4.78, 5) is 25.8. The lowest BCUT2D eigenvalue weighted by molar-refractivity contribution is -0.0757. The van der Waals surface area contributed by atoms with E-state index in [1.54, 1.807) is 25.2 Å². The average molecular weight is 282 g/mol. The normalized spacial score (nSPS) is 21.7. The van der Waals surface area contributed by atoms with Gasteiger partial charge in [0.15, 0.2) is 0 Å². The van der Waals surface area contributed by atoms with E-state index in [1.165, 1.54) is 12.2 Å². The summed E-state index contributed by atoms with van der Waals surface area (Å²) < 4.78 is 0. The molecule has 0 saturated heterocycles. The summed E-state index contributed by atoms with van der Waals surface area (Å²) in [6, 6.07) is 5.24. The van der Waals surface area contributed by atoms with Crippen molar-refractivity contribution in [2.75, 3.05) is 20.7 Å². The van der Waals surface area contributed by atoms with E-state index < -0.39 is 0 Å². The van der Waals surface area contributed by atoms with Gasteiger partial charge in [0, 0.05) is 12.6 Å². The molecule has 2 atom stereocenters. The standard InChI is InChI=1S/C13H16ClN3O2/c1-8-10(14)7-15-12-6-9(4-5-11(12)16-8)13(18)17(2)19-3/h4-6,8,10H,7H2,1-3H3/t8-,10?/m0/s1. The molecule has 102 valence electrons. The number of alkyl halides is 1. The Bertz CT molecular complexity index is 602. The van der Waals surface area contributed by atoms with Crippen LogP contribution in [-0.2, 0) is 4.84 Å². The van der Waals surface area contributed by atoms with Crippen LogP contribution in [0.3, 0.4) is 0 Å². The summed E-state index contributed by atoms with van der Waals surface area (Å²) in [5, 5.41) is 2.52. The van der Waals surface area contributed by atoms with E-state index in [2.05, 4.69) is 9.98 Å². The van der Waals surface area contributed by atoms with Gasteiger partial charge in [-0.15, -0.1) is 11.6 Å². The molecule has 0 fully saturated rings. The summed E-state index contributed by atoms with van der Waals surface area (Å²) in [6.07, 6.45) is 0. The molecule has 2 rings (SSSR count). The van der Waals surface area contributed by atoms with Crippen LogP contribution in [0.25, 0.3) is 0 Å². The van der Waals surface area contributed by atoms with E-state index >= 15 is 0 Å². The third kappa shape index (κ3) is 2.93. The number of benzene rings is 1. The smallest absolute Gasteiger partial charge is 0.277 e. The number of halogens is 1. The Balaban J connectivity index is 2.46. The van der Waals surface area contributed by atoms with E-state index in [9.17, 15) is 4.79 Å². The zero-order valence-corrected chi connectivity index (χ0v) is 11.9. The molecule has 1 unspecified atom stereocenters. The fourth-order valence-electron chi connectivity index (χ4n) is 1.80. The van der Waals surface area contributed by atoms with Crippen LogP contribution >= 0.6 is 11.6 Å². The molecule has 6 heteroatoms. The Labute approximate surface area is 116 Å². The van der Waals surface area contributed by atoms with Gasteiger partial charge in [-0.1, -0.05) is 0 Å². The monoisotopic (exact) mass is 281 g/mol. The number of rotatable bonds is 2. The number of fused-ring (bicyclic) bond motifs is 1. The van der Waals surface area contributed by atoms with Gasteiger partial charge in [0.05, 0.1) is 35.8 Å². The predicted molar refractivity (Wildman–Crippen MR) is 71.8 cm³/mol. The van der Waals surface area contributed by atoms with Crippen molar-refractivity contribution < 1.29 is 9.63 Å². The SMILES string of the molecule is CON(C)C(=O)c1ccc2c(c1)=NCC(Cl)[C@H](C)N=2. The van der Waals surface area contributed by atoms with E-state index in [0.29, 0.717) is 17.5 Å². The second-order valence-corrected chi connectivity index (χ2v) is 4.98. The third-order valence-corrected chi connectivity index (χ3v) is 3.59. The fraction of sp³-hybridized carbons (Fsp3) is 0.462. The molecule has 0 aromatic heterocycles. The summed E-state index contributed by atoms with van der Waals surface area (Å²) >= 11 is 6.15. The van der Waals surface area contributed by atoms with Crippen LogP contribution in [0, 0.1) is 0 Å². The van der Waals surface area contributed by atoms with E-state index in [1.807, 2.05) is 6.92 Å². The lowest BCUT2D eigenvalue weighted by Gasteiger charge is -2.13. The van der Waals surface area contributed by atoms with Crippen LogP contribution in [-0.4, -0.2) is 43.1 Å². The fourth-order valence-corrected chi connectivity index (χ4v) is 1.92. The highest BCUT2D eigenvalue weighted by molar-refractivity contribution is 6.21. The molecule has 0 bridgehead atoms. The van der Waals surface area contributed by atoms with Crippen molar-refractivity contribution >= 4 is 17.5 Å². The van der Waals surface area contributed by atoms with E-state index in [-0.39, 0.29) is 17.3 Å². The number of amides is 1. The number of hydrogen-bond donors (Lipinski definition) is 0. The minimum atomic E-state index is -0.222. The molecule has 1 heterocycles. The van der Waals surface area contributed by atoms with Crippen LogP contribution in [0.4, 0.5) is 0 Å². The van der Waals surface area contributed by atoms with Crippen LogP contribution < -0.4 is 10.7 Å². The second kappa shape index (κ2) is 5.67. The molecule has 5 nitrogen and oxygen atoms in total. The number of hydrogen-bond acceptors (Lipinski definition) is 4. The van der Waals surface area contributed by atoms with Gasteiger partial charge in [0.2, 0.25) is 0 Å². The van der Waals surface area contributed by atoms with Gasteiger partial charge in [-0.05, 0) is 25.1 Å². The first-order valence-corrected chi connectivity index (χ1v) is 6.45. The number of nitrogens with zero attached hydrogens (tertiary/aromatic N) is 3. The van der Waals surface area contributed by atoms with Crippen molar-refractivity contribution in [3.8, 4) is 0 Å². The van der Waals surface area contributed by atoms with Gasteiger partial charge < -0.3 is 0 Å². The maximum absolute atomic E-state index is 12.0. The molecular formula is C13H16ClN3O2. The Morgan fingerprint density at radius 3 is 2.89 bits per heavy atom. The molecule has 1 aromatic rings. The molecule has 0 saturated carbocycles. The lowest BCUT2D eigenvalue weighted by Crippen LogP contribution is -2.30. The first-order chi connectivity index (χ1) is 9.02. The van der Waals surface area contributed by atoms with Crippen LogP contribution in [0.1, 0.15) is 17.3 Å². The summed E-state index contributed by atoms with van der Waals surface area (Å²) in [6.45, 7) is 2.46. The molecule has 19 heavy (non-hydrogen) atoms. The number of carbonyl (C=O) groups excluding carboxylic acids is 1. The van der Waals surface area contributed by atoms with Crippen LogP contribution in [0.5, 0.6) is 0 Å². The Kier molecular flexibility index (Phi) is 4.17. The zero-order valence-electron chi connectivity index (χ0n) is 11.1. The summed E-state index contributed by atoms with van der Waals surface area (Å²) in [7, 11) is 3.01. The van der Waals surface area contributed by atoms with Crippen molar-refractivity contribution in [3.05, 3.63) is 34.5 Å². The highest BCUT2D eigenvalue weighted by Crippen LogP contribution is 2.07. The predicted octanol–water partition coefficient (Wildman–Crippen LogP) is 0.569. The Morgan fingerprint density at radius 2 is 2.21 bits per heavy atom. The van der Waals surface area contributed by atoms with Crippen LogP contribution in [0.2, 0.25) is 0 Å². The van der Waals surface area contributed by atoms with Gasteiger partial charge >= 0.3 is 0 Å². The van der Waals surface area contributed by atoms with Gasteiger partial charge in [-0.3, -0.25) is 19.6 Å². The topological polar surface area (TPSA) is 54.3 Å². The quantitative estimate of drug-likeness (QED) is 0.588. The molecule has 0 N–H and O–H groups in total. The maximum Gasteiger partial charge on any atom is 0.277 e. The van der Waals surface area contributed by atoms with Crippen LogP contribution in [0.15, 0.2) is 28.2 Å². The van der Waals surface area contributed by atoms with Crippen molar-refractivity contribution in [3.63, 3.8) is 0 Å².